The van der Waals surface area contributed by atoms with Gasteiger partial charge in [0.05, 0.1) is 34.4 Å². The number of nitrogens with zero attached hydrogens (tertiary/aromatic N) is 1. The van der Waals surface area contributed by atoms with E-state index in [1.807, 2.05) is 21.1 Å². The predicted molar refractivity (Wildman–Crippen MR) is 261 cm³/mol. The number of quaternary nitrogens is 1. The van der Waals surface area contributed by atoms with E-state index in [1.165, 1.54) is 83.5 Å². The molecule has 0 bridgehead atoms. The highest BCUT2D eigenvalue weighted by Gasteiger charge is 2.31. The Hall–Kier alpha value is -3.23. The van der Waals surface area contributed by atoms with Gasteiger partial charge in [0.2, 0.25) is 0 Å². The summed E-state index contributed by atoms with van der Waals surface area (Å²) in [5.74, 6) is -1.51. The lowest BCUT2D eigenvalue weighted by atomic mass is 10.1. The molecule has 0 aliphatic rings. The minimum atomic E-state index is -0.881. The van der Waals surface area contributed by atoms with Crippen LogP contribution in [-0.2, 0) is 28.6 Å². The molecule has 0 saturated heterocycles. The highest BCUT2D eigenvalue weighted by Crippen LogP contribution is 2.14. The summed E-state index contributed by atoms with van der Waals surface area (Å²) in [5, 5.41) is 9.65. The Kier molecular flexibility index (Phi) is 42.1. The molecule has 62 heavy (non-hydrogen) atoms. The van der Waals surface area contributed by atoms with Crippen molar-refractivity contribution >= 4 is 17.9 Å². The van der Waals surface area contributed by atoms with E-state index in [9.17, 15) is 19.5 Å². The first-order chi connectivity index (χ1) is 30.1. The van der Waals surface area contributed by atoms with Gasteiger partial charge in [0, 0.05) is 19.3 Å². The van der Waals surface area contributed by atoms with E-state index in [4.69, 9.17) is 14.2 Å². The molecular formula is C54H94NO7+. The van der Waals surface area contributed by atoms with Gasteiger partial charge in [0.1, 0.15) is 6.61 Å². The number of hydrogen-bond donors (Lipinski definition) is 1. The highest BCUT2D eigenvalue weighted by atomic mass is 16.6. The molecule has 8 nitrogen and oxygen atoms in total. The summed E-state index contributed by atoms with van der Waals surface area (Å²) in [7, 11) is 5.52. The second-order valence-corrected chi connectivity index (χ2v) is 17.7. The first kappa shape index (κ1) is 58.8. The number of carboxylic acids is 1. The van der Waals surface area contributed by atoms with Gasteiger partial charge in [-0.25, -0.2) is 4.79 Å². The van der Waals surface area contributed by atoms with Crippen LogP contribution < -0.4 is 0 Å². The van der Waals surface area contributed by atoms with Crippen molar-refractivity contribution in [2.24, 2.45) is 0 Å². The van der Waals surface area contributed by atoms with Crippen LogP contribution in [0.1, 0.15) is 200 Å². The number of unbranched alkanes of at least 4 members (excludes halogenated alkanes) is 19. The number of allylic oxidation sites excluding steroid dienone is 12. The van der Waals surface area contributed by atoms with E-state index in [0.29, 0.717) is 19.3 Å². The molecule has 356 valence electrons. The SMILES string of the molecule is CC/C=C/C/C=C/C/C=C/C/C=C/CCCCCCCCCCCC(=O)OC(COCCC(C(=O)O)[N+](C)(C)C)COC(=O)CCCCC/C=C/C=C/CCCCCCCCC. The summed E-state index contributed by atoms with van der Waals surface area (Å²) in [5.41, 5.74) is 0. The van der Waals surface area contributed by atoms with E-state index in [2.05, 4.69) is 86.8 Å². The minimum absolute atomic E-state index is 0.0474. The smallest absolute Gasteiger partial charge is 0.362 e. The Morgan fingerprint density at radius 3 is 1.45 bits per heavy atom. The zero-order valence-electron chi connectivity index (χ0n) is 40.6. The Bertz CT molecular complexity index is 1240. The largest absolute Gasteiger partial charge is 0.477 e. The monoisotopic (exact) mass is 869 g/mol. The second kappa shape index (κ2) is 44.4. The molecule has 0 rings (SSSR count). The summed E-state index contributed by atoms with van der Waals surface area (Å²) in [6, 6.07) is -0.623. The molecule has 0 aliphatic carbocycles. The van der Waals surface area contributed by atoms with Crippen molar-refractivity contribution in [3.05, 3.63) is 72.9 Å². The number of likely N-dealkylation sites (N-methyl/N-ethyl adjacent to an activating group) is 1. The Labute approximate surface area is 381 Å². The zero-order valence-corrected chi connectivity index (χ0v) is 40.6. The third-order valence-electron chi connectivity index (χ3n) is 10.9. The fourth-order valence-corrected chi connectivity index (χ4v) is 7.01. The van der Waals surface area contributed by atoms with E-state index in [0.717, 1.165) is 83.5 Å². The first-order valence-corrected chi connectivity index (χ1v) is 25.0. The summed E-state index contributed by atoms with van der Waals surface area (Å²) >= 11 is 0. The number of esters is 2. The Morgan fingerprint density at radius 2 is 0.952 bits per heavy atom. The standard InChI is InChI=1S/C54H93NO7/c1-6-8-10-12-14-16-18-20-22-24-25-26-27-28-29-31-33-35-37-39-41-43-45-53(57)62-50(48-60-47-46-51(54(58)59)55(3,4)5)49-61-52(56)44-42-40-38-36-34-32-30-23-21-19-17-15-13-11-9-7-2/h8,10,14,16,20,22-23,25-26,30,32,34,50-51H,6-7,9,11-13,15,17-19,21,24,27-29,31,33,35-49H2,1-5H3/p+1/b10-8+,16-14+,22-20+,26-25+,30-23+,34-32+. The van der Waals surface area contributed by atoms with Crippen LogP contribution in [-0.4, -0.2) is 80.6 Å². The van der Waals surface area contributed by atoms with Crippen LogP contribution in [0.3, 0.4) is 0 Å². The third-order valence-corrected chi connectivity index (χ3v) is 10.9. The van der Waals surface area contributed by atoms with Gasteiger partial charge in [0.15, 0.2) is 12.1 Å². The molecule has 0 heterocycles. The maximum Gasteiger partial charge on any atom is 0.362 e. The normalized spacial score (nSPS) is 13.5. The topological polar surface area (TPSA) is 99.1 Å². The average molecular weight is 869 g/mol. The number of aliphatic carboxylic acids is 1. The van der Waals surface area contributed by atoms with Gasteiger partial charge in [0.25, 0.3) is 0 Å². The van der Waals surface area contributed by atoms with E-state index < -0.39 is 18.1 Å². The van der Waals surface area contributed by atoms with Gasteiger partial charge >= 0.3 is 17.9 Å². The van der Waals surface area contributed by atoms with Gasteiger partial charge in [-0.05, 0) is 77.0 Å². The van der Waals surface area contributed by atoms with Crippen molar-refractivity contribution in [3.8, 4) is 0 Å². The predicted octanol–water partition coefficient (Wildman–Crippen LogP) is 14.3. The van der Waals surface area contributed by atoms with Crippen LogP contribution in [0.2, 0.25) is 0 Å². The summed E-state index contributed by atoms with van der Waals surface area (Å²) in [6.07, 6.45) is 56.6. The highest BCUT2D eigenvalue weighted by molar-refractivity contribution is 5.72. The van der Waals surface area contributed by atoms with Gasteiger partial charge in [-0.1, -0.05) is 177 Å². The number of hydrogen-bond acceptors (Lipinski definition) is 6. The fraction of sp³-hybridized carbons (Fsp3) is 0.722. The number of rotatable bonds is 44. The van der Waals surface area contributed by atoms with Crippen LogP contribution in [0.5, 0.6) is 0 Å². The van der Waals surface area contributed by atoms with Gasteiger partial charge in [-0.3, -0.25) is 9.59 Å². The lowest BCUT2D eigenvalue weighted by Gasteiger charge is -2.31. The molecule has 0 spiro atoms. The van der Waals surface area contributed by atoms with Crippen LogP contribution in [0.4, 0.5) is 0 Å². The maximum atomic E-state index is 12.8. The van der Waals surface area contributed by atoms with Crippen molar-refractivity contribution in [2.45, 2.75) is 212 Å². The lowest BCUT2D eigenvalue weighted by molar-refractivity contribution is -0.887. The fourth-order valence-electron chi connectivity index (χ4n) is 7.01. The Morgan fingerprint density at radius 1 is 0.516 bits per heavy atom. The van der Waals surface area contributed by atoms with Crippen molar-refractivity contribution in [2.75, 3.05) is 41.0 Å². The molecule has 2 unspecified atom stereocenters. The molecule has 0 aliphatic heterocycles. The van der Waals surface area contributed by atoms with E-state index in [1.54, 1.807) is 0 Å². The molecule has 8 heteroatoms. The Balaban J connectivity index is 4.31. The number of carbonyl (C=O) groups excluding carboxylic acids is 2. The van der Waals surface area contributed by atoms with Crippen LogP contribution in [0.15, 0.2) is 72.9 Å². The molecule has 0 saturated carbocycles. The van der Waals surface area contributed by atoms with Crippen molar-refractivity contribution in [1.29, 1.82) is 0 Å². The summed E-state index contributed by atoms with van der Waals surface area (Å²) in [4.78, 5) is 37.1. The quantitative estimate of drug-likeness (QED) is 0.0214. The van der Waals surface area contributed by atoms with Gasteiger partial charge in [-0.2, -0.15) is 0 Å². The van der Waals surface area contributed by atoms with Gasteiger partial charge < -0.3 is 23.8 Å². The second-order valence-electron chi connectivity index (χ2n) is 17.7. The molecule has 0 radical (unpaired) electrons. The lowest BCUT2D eigenvalue weighted by Crippen LogP contribution is -2.50. The molecule has 0 fully saturated rings. The summed E-state index contributed by atoms with van der Waals surface area (Å²) < 4.78 is 17.3. The summed E-state index contributed by atoms with van der Waals surface area (Å²) in [6.45, 7) is 4.59. The first-order valence-electron chi connectivity index (χ1n) is 25.0. The molecular weight excluding hydrogens is 775 g/mol. The van der Waals surface area contributed by atoms with Crippen molar-refractivity contribution in [3.63, 3.8) is 0 Å². The molecule has 0 aromatic carbocycles. The molecule has 0 aromatic heterocycles. The average Bonchev–Trinajstić information content (AvgIpc) is 3.23. The van der Waals surface area contributed by atoms with Crippen molar-refractivity contribution in [1.82, 2.24) is 0 Å². The van der Waals surface area contributed by atoms with Gasteiger partial charge in [-0.15, -0.1) is 0 Å². The van der Waals surface area contributed by atoms with E-state index >= 15 is 0 Å². The van der Waals surface area contributed by atoms with Crippen LogP contribution in [0.25, 0.3) is 0 Å². The molecule has 2 atom stereocenters. The minimum Gasteiger partial charge on any atom is -0.477 e. The zero-order chi connectivity index (χ0) is 45.6. The third kappa shape index (κ3) is 42.1. The van der Waals surface area contributed by atoms with Crippen LogP contribution >= 0.6 is 0 Å². The maximum absolute atomic E-state index is 12.8. The number of carbonyl (C=O) groups is 3. The van der Waals surface area contributed by atoms with Crippen molar-refractivity contribution < 1.29 is 38.2 Å². The number of ether oxygens (including phenoxy) is 3. The molecule has 0 amide bonds. The van der Waals surface area contributed by atoms with E-state index in [-0.39, 0.29) is 36.2 Å². The molecule has 0 aromatic rings. The van der Waals surface area contributed by atoms with Crippen LogP contribution in [0, 0.1) is 0 Å². The number of carboxylic acid groups (broad SMARTS) is 1. The molecule has 1 N–H and O–H groups in total.